The minimum Gasteiger partial charge on any atom is -0.493 e. The zero-order valence-corrected chi connectivity index (χ0v) is 23.7. The van der Waals surface area contributed by atoms with Gasteiger partial charge in [-0.3, -0.25) is 4.79 Å². The quantitative estimate of drug-likeness (QED) is 0.148. The second-order valence-corrected chi connectivity index (χ2v) is 11.4. The third-order valence-electron chi connectivity index (χ3n) is 6.26. The van der Waals surface area contributed by atoms with Crippen molar-refractivity contribution in [2.24, 2.45) is 7.05 Å². The number of aromatic nitrogens is 3. The molecule has 3 aromatic rings. The highest BCUT2D eigenvalue weighted by molar-refractivity contribution is 7.99. The first-order valence-corrected chi connectivity index (χ1v) is 14.5. The molecule has 4 rings (SSSR count). The maximum Gasteiger partial charge on any atom is 0.341 e. The summed E-state index contributed by atoms with van der Waals surface area (Å²) < 4.78 is 12.8. The van der Waals surface area contributed by atoms with Crippen LogP contribution in [0.3, 0.4) is 0 Å². The third-order valence-corrected chi connectivity index (χ3v) is 8.72. The summed E-state index contributed by atoms with van der Waals surface area (Å²) >= 11 is 8.81. The lowest BCUT2D eigenvalue weighted by molar-refractivity contribution is -0.113. The second-order valence-electron chi connectivity index (χ2n) is 8.92. The van der Waals surface area contributed by atoms with Gasteiger partial charge in [-0.1, -0.05) is 29.8 Å². The van der Waals surface area contributed by atoms with Crippen LogP contribution in [0.5, 0.6) is 5.75 Å². The fourth-order valence-electron chi connectivity index (χ4n) is 4.32. The number of hydrogen-bond donors (Lipinski definition) is 1. The maximum atomic E-state index is 12.8. The predicted octanol–water partition coefficient (Wildman–Crippen LogP) is 5.64. The van der Waals surface area contributed by atoms with E-state index in [2.05, 4.69) is 15.5 Å². The van der Waals surface area contributed by atoms with Gasteiger partial charge >= 0.3 is 5.97 Å². The van der Waals surface area contributed by atoms with E-state index in [4.69, 9.17) is 21.1 Å². The Hall–Kier alpha value is -2.56. The highest BCUT2D eigenvalue weighted by atomic mass is 35.5. The summed E-state index contributed by atoms with van der Waals surface area (Å²) in [7, 11) is 3.27. The summed E-state index contributed by atoms with van der Waals surface area (Å²) in [5.74, 6) is 1.23. The number of aryl methyl sites for hydroxylation is 3. The zero-order valence-electron chi connectivity index (χ0n) is 21.3. The molecular weight excluding hydrogens is 532 g/mol. The maximum absolute atomic E-state index is 12.8. The number of fused-ring (bicyclic) bond motifs is 1. The van der Waals surface area contributed by atoms with Crippen molar-refractivity contribution in [3.05, 3.63) is 50.6 Å². The molecule has 1 aliphatic rings. The lowest BCUT2D eigenvalue weighted by Gasteiger charge is -2.09. The Morgan fingerprint density at radius 2 is 2.03 bits per heavy atom. The van der Waals surface area contributed by atoms with E-state index < -0.39 is 5.97 Å². The van der Waals surface area contributed by atoms with Crippen LogP contribution in [0, 0.1) is 6.92 Å². The summed E-state index contributed by atoms with van der Waals surface area (Å²) in [5, 5.41) is 13.4. The van der Waals surface area contributed by atoms with Crippen molar-refractivity contribution >= 4 is 51.6 Å². The van der Waals surface area contributed by atoms with Crippen LogP contribution in [0.1, 0.15) is 57.9 Å². The molecule has 0 saturated heterocycles. The van der Waals surface area contributed by atoms with Gasteiger partial charge < -0.3 is 19.4 Å². The summed E-state index contributed by atoms with van der Waals surface area (Å²) in [4.78, 5) is 26.5. The molecule has 0 atom stereocenters. The number of nitrogens with zero attached hydrogens (tertiary/aromatic N) is 3. The Morgan fingerprint density at radius 1 is 1.22 bits per heavy atom. The number of thioether (sulfide) groups is 1. The number of benzene rings is 1. The van der Waals surface area contributed by atoms with E-state index in [-0.39, 0.29) is 11.7 Å². The number of rotatable bonds is 10. The van der Waals surface area contributed by atoms with Crippen LogP contribution in [0.2, 0.25) is 5.02 Å². The third kappa shape index (κ3) is 6.86. The molecule has 0 fully saturated rings. The van der Waals surface area contributed by atoms with E-state index in [1.165, 1.54) is 35.1 Å². The number of carbonyl (C=O) groups excluding carboxylic acids is 2. The zero-order chi connectivity index (χ0) is 26.4. The number of thiophene rings is 1. The van der Waals surface area contributed by atoms with Crippen LogP contribution in [-0.4, -0.2) is 46.1 Å². The number of hydrogen-bond acceptors (Lipinski definition) is 8. The molecule has 1 aromatic carbocycles. The van der Waals surface area contributed by atoms with Gasteiger partial charge in [0.05, 0.1) is 25.0 Å². The summed E-state index contributed by atoms with van der Waals surface area (Å²) in [6.07, 6.45) is 6.53. The number of halogens is 1. The fraction of sp³-hybridized carbons (Fsp3) is 0.462. The Balaban J connectivity index is 1.30. The minimum absolute atomic E-state index is 0.161. The van der Waals surface area contributed by atoms with E-state index >= 15 is 0 Å². The molecule has 0 saturated carbocycles. The second kappa shape index (κ2) is 12.8. The van der Waals surface area contributed by atoms with Crippen LogP contribution in [0.4, 0.5) is 5.00 Å². The number of amides is 1. The molecule has 1 amide bonds. The average molecular weight is 563 g/mol. The van der Waals surface area contributed by atoms with Crippen LogP contribution >= 0.6 is 34.7 Å². The minimum atomic E-state index is -0.393. The van der Waals surface area contributed by atoms with Gasteiger partial charge in [0.1, 0.15) is 16.6 Å². The molecule has 2 heterocycles. The van der Waals surface area contributed by atoms with Gasteiger partial charge in [0.2, 0.25) is 5.91 Å². The van der Waals surface area contributed by atoms with E-state index in [9.17, 15) is 9.59 Å². The molecule has 1 aliphatic carbocycles. The van der Waals surface area contributed by atoms with Crippen molar-refractivity contribution in [3.63, 3.8) is 0 Å². The Bertz CT molecular complexity index is 1270. The Kier molecular flexibility index (Phi) is 9.50. The summed E-state index contributed by atoms with van der Waals surface area (Å²) in [6.45, 7) is 2.52. The first kappa shape index (κ1) is 27.5. The average Bonchev–Trinajstić information content (AvgIpc) is 3.30. The lowest BCUT2D eigenvalue weighted by atomic mass is 10.1. The topological polar surface area (TPSA) is 95.3 Å². The Morgan fingerprint density at radius 3 is 2.81 bits per heavy atom. The van der Waals surface area contributed by atoms with E-state index in [0.717, 1.165) is 61.2 Å². The monoisotopic (exact) mass is 562 g/mol. The van der Waals surface area contributed by atoms with Gasteiger partial charge in [-0.25, -0.2) is 4.79 Å². The smallest absolute Gasteiger partial charge is 0.341 e. The van der Waals surface area contributed by atoms with Gasteiger partial charge in [0.25, 0.3) is 0 Å². The number of esters is 1. The summed E-state index contributed by atoms with van der Waals surface area (Å²) in [5.41, 5.74) is 2.55. The first-order valence-electron chi connectivity index (χ1n) is 12.3. The number of anilines is 1. The first-order chi connectivity index (χ1) is 17.9. The highest BCUT2D eigenvalue weighted by Gasteiger charge is 2.26. The molecule has 2 aromatic heterocycles. The SMILES string of the molecule is COC(=O)c1c(NC(=O)CSc2nnc(CCCOc3ccc(Cl)cc3C)n2C)sc2c1CCCCC2. The molecule has 1 N–H and O–H groups in total. The van der Waals surface area contributed by atoms with Gasteiger partial charge in [-0.2, -0.15) is 0 Å². The number of nitrogens with one attached hydrogen (secondary N) is 1. The molecule has 0 aliphatic heterocycles. The van der Waals surface area contributed by atoms with Crippen LogP contribution < -0.4 is 10.1 Å². The number of methoxy groups -OCH3 is 1. The van der Waals surface area contributed by atoms with Crippen molar-refractivity contribution in [2.45, 2.75) is 57.0 Å². The Labute approximate surface area is 230 Å². The molecule has 37 heavy (non-hydrogen) atoms. The normalized spacial score (nSPS) is 13.1. The van der Waals surface area contributed by atoms with E-state index in [0.29, 0.717) is 33.8 Å². The molecule has 8 nitrogen and oxygen atoms in total. The van der Waals surface area contributed by atoms with Crippen molar-refractivity contribution in [1.82, 2.24) is 14.8 Å². The molecule has 198 valence electrons. The van der Waals surface area contributed by atoms with Crippen LogP contribution in [-0.2, 0) is 35.8 Å². The van der Waals surface area contributed by atoms with Gasteiger partial charge in [0.15, 0.2) is 5.16 Å². The van der Waals surface area contributed by atoms with Gasteiger partial charge in [-0.15, -0.1) is 21.5 Å². The van der Waals surface area contributed by atoms with E-state index in [1.54, 1.807) is 0 Å². The predicted molar refractivity (Wildman–Crippen MR) is 147 cm³/mol. The highest BCUT2D eigenvalue weighted by Crippen LogP contribution is 2.38. The molecule has 0 radical (unpaired) electrons. The van der Waals surface area contributed by atoms with Crippen molar-refractivity contribution in [3.8, 4) is 5.75 Å². The van der Waals surface area contributed by atoms with Gasteiger partial charge in [0, 0.05) is 23.4 Å². The van der Waals surface area contributed by atoms with E-state index in [1.807, 2.05) is 36.7 Å². The lowest BCUT2D eigenvalue weighted by Crippen LogP contribution is -2.16. The van der Waals surface area contributed by atoms with Crippen molar-refractivity contribution < 1.29 is 19.1 Å². The molecule has 0 bridgehead atoms. The van der Waals surface area contributed by atoms with Crippen LogP contribution in [0.25, 0.3) is 0 Å². The molecule has 0 unspecified atom stereocenters. The van der Waals surface area contributed by atoms with Crippen LogP contribution in [0.15, 0.2) is 23.4 Å². The fourth-order valence-corrected chi connectivity index (χ4v) is 6.57. The molecular formula is C26H31ClN4O4S2. The summed E-state index contributed by atoms with van der Waals surface area (Å²) in [6, 6.07) is 5.57. The largest absolute Gasteiger partial charge is 0.493 e. The number of ether oxygens (including phenoxy) is 2. The standard InChI is InChI=1S/C26H31ClN4O4S2/c1-16-14-17(27)11-12-19(16)35-13-7-10-21-29-30-26(31(21)2)36-15-22(32)28-24-23(25(33)34-3)18-8-5-4-6-9-20(18)37-24/h11-12,14H,4-10,13,15H2,1-3H3,(H,28,32). The molecule has 0 spiro atoms. The van der Waals surface area contributed by atoms with Gasteiger partial charge in [-0.05, 0) is 68.4 Å². The van der Waals surface area contributed by atoms with Crippen molar-refractivity contribution in [1.29, 1.82) is 0 Å². The van der Waals surface area contributed by atoms with Crippen molar-refractivity contribution in [2.75, 3.05) is 24.8 Å². The number of carbonyl (C=O) groups is 2. The molecule has 11 heteroatoms.